The van der Waals surface area contributed by atoms with Gasteiger partial charge in [0.1, 0.15) is 5.82 Å². The SMILES string of the molecule is CC(C)(O)CNCc1nc2ccccc2c(=O)[nH]1. The van der Waals surface area contributed by atoms with Crippen molar-refractivity contribution in [3.63, 3.8) is 0 Å². The molecule has 18 heavy (non-hydrogen) atoms. The third-order valence-electron chi connectivity index (χ3n) is 2.51. The van der Waals surface area contributed by atoms with E-state index in [4.69, 9.17) is 0 Å². The molecule has 5 heteroatoms. The third kappa shape index (κ3) is 3.15. The highest BCUT2D eigenvalue weighted by Gasteiger charge is 2.11. The molecule has 0 aliphatic rings. The lowest BCUT2D eigenvalue weighted by molar-refractivity contribution is 0.0793. The fourth-order valence-electron chi connectivity index (χ4n) is 1.71. The molecule has 0 spiro atoms. The number of hydrogen-bond acceptors (Lipinski definition) is 4. The van der Waals surface area contributed by atoms with Crippen molar-refractivity contribution in [2.75, 3.05) is 6.54 Å². The number of H-pyrrole nitrogens is 1. The van der Waals surface area contributed by atoms with E-state index in [-0.39, 0.29) is 5.56 Å². The number of aliphatic hydroxyl groups is 1. The summed E-state index contributed by atoms with van der Waals surface area (Å²) < 4.78 is 0. The van der Waals surface area contributed by atoms with E-state index < -0.39 is 5.60 Å². The average molecular weight is 247 g/mol. The van der Waals surface area contributed by atoms with Gasteiger partial charge >= 0.3 is 0 Å². The number of nitrogens with one attached hydrogen (secondary N) is 2. The molecule has 1 heterocycles. The lowest BCUT2D eigenvalue weighted by Gasteiger charge is -2.17. The highest BCUT2D eigenvalue weighted by molar-refractivity contribution is 5.77. The van der Waals surface area contributed by atoms with Gasteiger partial charge in [0.05, 0.1) is 23.0 Å². The number of nitrogens with zero attached hydrogens (tertiary/aromatic N) is 1. The van der Waals surface area contributed by atoms with Gasteiger partial charge < -0.3 is 15.4 Å². The zero-order valence-electron chi connectivity index (χ0n) is 10.5. The molecule has 3 N–H and O–H groups in total. The van der Waals surface area contributed by atoms with Crippen molar-refractivity contribution >= 4 is 10.9 Å². The van der Waals surface area contributed by atoms with Gasteiger partial charge in [-0.25, -0.2) is 4.98 Å². The van der Waals surface area contributed by atoms with Gasteiger partial charge in [-0.1, -0.05) is 12.1 Å². The molecule has 1 aromatic heterocycles. The van der Waals surface area contributed by atoms with Crippen molar-refractivity contribution in [1.82, 2.24) is 15.3 Å². The average Bonchev–Trinajstić information content (AvgIpc) is 2.27. The highest BCUT2D eigenvalue weighted by Crippen LogP contribution is 2.05. The lowest BCUT2D eigenvalue weighted by atomic mass is 10.1. The summed E-state index contributed by atoms with van der Waals surface area (Å²) >= 11 is 0. The Morgan fingerprint density at radius 1 is 1.39 bits per heavy atom. The summed E-state index contributed by atoms with van der Waals surface area (Å²) in [4.78, 5) is 18.9. The molecule has 0 fully saturated rings. The quantitative estimate of drug-likeness (QED) is 0.746. The zero-order chi connectivity index (χ0) is 13.2. The van der Waals surface area contributed by atoms with Crippen LogP contribution in [0, 0.1) is 0 Å². The number of para-hydroxylation sites is 1. The van der Waals surface area contributed by atoms with Crippen LogP contribution >= 0.6 is 0 Å². The van der Waals surface area contributed by atoms with E-state index in [1.165, 1.54) is 0 Å². The molecule has 0 bridgehead atoms. The van der Waals surface area contributed by atoms with Crippen molar-refractivity contribution in [2.45, 2.75) is 26.0 Å². The Morgan fingerprint density at radius 3 is 2.83 bits per heavy atom. The topological polar surface area (TPSA) is 78.0 Å². The van der Waals surface area contributed by atoms with Crippen molar-refractivity contribution in [2.24, 2.45) is 0 Å². The first kappa shape index (κ1) is 12.7. The summed E-state index contributed by atoms with van der Waals surface area (Å²) in [5, 5.41) is 13.2. The molecule has 0 atom stereocenters. The Bertz CT molecular complexity index is 599. The maximum Gasteiger partial charge on any atom is 0.258 e. The molecule has 0 unspecified atom stereocenters. The summed E-state index contributed by atoms with van der Waals surface area (Å²) in [6.07, 6.45) is 0. The summed E-state index contributed by atoms with van der Waals surface area (Å²) in [6.45, 7) is 4.29. The molecule has 0 radical (unpaired) electrons. The van der Waals surface area contributed by atoms with E-state index in [2.05, 4.69) is 15.3 Å². The number of hydrogen-bond donors (Lipinski definition) is 3. The molecule has 0 aliphatic heterocycles. The van der Waals surface area contributed by atoms with Crippen LogP contribution in [0.4, 0.5) is 0 Å². The molecule has 96 valence electrons. The van der Waals surface area contributed by atoms with Crippen molar-refractivity contribution < 1.29 is 5.11 Å². The van der Waals surface area contributed by atoms with E-state index in [0.29, 0.717) is 29.8 Å². The van der Waals surface area contributed by atoms with E-state index in [0.717, 1.165) is 0 Å². The molecule has 0 aliphatic carbocycles. The van der Waals surface area contributed by atoms with Crippen LogP contribution in [0.5, 0.6) is 0 Å². The minimum atomic E-state index is -0.781. The van der Waals surface area contributed by atoms with E-state index in [9.17, 15) is 9.90 Å². The van der Waals surface area contributed by atoms with Crippen LogP contribution in [0.25, 0.3) is 10.9 Å². The van der Waals surface area contributed by atoms with Gasteiger partial charge in [0.2, 0.25) is 0 Å². The number of aromatic nitrogens is 2. The van der Waals surface area contributed by atoms with Crippen LogP contribution in [0.1, 0.15) is 19.7 Å². The van der Waals surface area contributed by atoms with Gasteiger partial charge in [0.15, 0.2) is 0 Å². The minimum absolute atomic E-state index is 0.138. The van der Waals surface area contributed by atoms with Gasteiger partial charge in [-0.15, -0.1) is 0 Å². The molecular formula is C13H17N3O2. The molecule has 2 aromatic rings. The predicted molar refractivity (Wildman–Crippen MR) is 70.4 cm³/mol. The van der Waals surface area contributed by atoms with E-state index in [1.54, 1.807) is 19.9 Å². The zero-order valence-corrected chi connectivity index (χ0v) is 10.5. The van der Waals surface area contributed by atoms with Crippen LogP contribution in [0.2, 0.25) is 0 Å². The molecule has 5 nitrogen and oxygen atoms in total. The van der Waals surface area contributed by atoms with Crippen LogP contribution in [-0.4, -0.2) is 27.2 Å². The van der Waals surface area contributed by atoms with Crippen molar-refractivity contribution in [1.29, 1.82) is 0 Å². The smallest absolute Gasteiger partial charge is 0.258 e. The molecule has 0 saturated carbocycles. The largest absolute Gasteiger partial charge is 0.389 e. The number of rotatable bonds is 4. The summed E-state index contributed by atoms with van der Waals surface area (Å²) in [5.41, 5.74) is -0.237. The Labute approximate surface area is 105 Å². The summed E-state index contributed by atoms with van der Waals surface area (Å²) in [5.74, 6) is 0.572. The monoisotopic (exact) mass is 247 g/mol. The maximum atomic E-state index is 11.8. The normalized spacial score (nSPS) is 11.9. The van der Waals surface area contributed by atoms with Crippen LogP contribution in [0.3, 0.4) is 0 Å². The fraction of sp³-hybridized carbons (Fsp3) is 0.385. The first-order valence-corrected chi connectivity index (χ1v) is 5.87. The Morgan fingerprint density at radius 2 is 2.11 bits per heavy atom. The lowest BCUT2D eigenvalue weighted by Crippen LogP contribution is -2.35. The molecule has 1 aromatic carbocycles. The van der Waals surface area contributed by atoms with Gasteiger partial charge in [-0.2, -0.15) is 0 Å². The molecular weight excluding hydrogens is 230 g/mol. The Kier molecular flexibility index (Phi) is 3.45. The van der Waals surface area contributed by atoms with Gasteiger partial charge in [-0.3, -0.25) is 4.79 Å². The maximum absolute atomic E-state index is 11.8. The number of fused-ring (bicyclic) bond motifs is 1. The first-order valence-electron chi connectivity index (χ1n) is 5.87. The van der Waals surface area contributed by atoms with Crippen molar-refractivity contribution in [3.8, 4) is 0 Å². The first-order chi connectivity index (χ1) is 8.46. The number of aromatic amines is 1. The van der Waals surface area contributed by atoms with Crippen LogP contribution in [-0.2, 0) is 6.54 Å². The second-order valence-electron chi connectivity index (χ2n) is 4.95. The van der Waals surface area contributed by atoms with E-state index >= 15 is 0 Å². The molecule has 2 rings (SSSR count). The molecule has 0 saturated heterocycles. The van der Waals surface area contributed by atoms with Crippen LogP contribution in [0.15, 0.2) is 29.1 Å². The predicted octanol–water partition coefficient (Wildman–Crippen LogP) is 0.784. The molecule has 0 amide bonds. The van der Waals surface area contributed by atoms with Gasteiger partial charge in [0, 0.05) is 6.54 Å². The standard InChI is InChI=1S/C13H17N3O2/c1-13(2,18)8-14-7-11-15-10-6-4-3-5-9(10)12(17)16-11/h3-6,14,18H,7-8H2,1-2H3,(H,15,16,17). The number of benzene rings is 1. The highest BCUT2D eigenvalue weighted by atomic mass is 16.3. The van der Waals surface area contributed by atoms with Crippen molar-refractivity contribution in [3.05, 3.63) is 40.4 Å². The Balaban J connectivity index is 2.17. The van der Waals surface area contributed by atoms with Crippen LogP contribution < -0.4 is 10.9 Å². The second kappa shape index (κ2) is 4.88. The minimum Gasteiger partial charge on any atom is -0.389 e. The fourth-order valence-corrected chi connectivity index (χ4v) is 1.71. The second-order valence-corrected chi connectivity index (χ2v) is 4.95. The summed E-state index contributed by atoms with van der Waals surface area (Å²) in [6, 6.07) is 7.22. The van der Waals surface area contributed by atoms with E-state index in [1.807, 2.05) is 18.2 Å². The third-order valence-corrected chi connectivity index (χ3v) is 2.51. The van der Waals surface area contributed by atoms with Gasteiger partial charge in [-0.05, 0) is 26.0 Å². The summed E-state index contributed by atoms with van der Waals surface area (Å²) in [7, 11) is 0. The Hall–Kier alpha value is -1.72. The van der Waals surface area contributed by atoms with Gasteiger partial charge in [0.25, 0.3) is 5.56 Å².